The topological polar surface area (TPSA) is 54.4 Å². The monoisotopic (exact) mass is 278 g/mol. The predicted molar refractivity (Wildman–Crippen MR) is 75.7 cm³/mol. The second-order valence-electron chi connectivity index (χ2n) is 4.03. The number of benzene rings is 1. The molecule has 1 heterocycles. The lowest BCUT2D eigenvalue weighted by Gasteiger charge is -2.14. The molecule has 1 unspecified atom stereocenters. The minimum Gasteiger partial charge on any atom is -0.497 e. The van der Waals surface area contributed by atoms with Crippen molar-refractivity contribution >= 4 is 17.3 Å². The highest BCUT2D eigenvalue weighted by Gasteiger charge is 2.08. The Morgan fingerprint density at radius 1 is 1.32 bits per heavy atom. The van der Waals surface area contributed by atoms with E-state index in [0.717, 1.165) is 17.0 Å². The zero-order valence-electron chi connectivity index (χ0n) is 10.5. The maximum atomic E-state index is 10.1. The lowest BCUT2D eigenvalue weighted by molar-refractivity contribution is 0.191. The average Bonchev–Trinajstić information content (AvgIpc) is 2.46. The van der Waals surface area contributed by atoms with E-state index in [1.807, 2.05) is 24.3 Å². The first-order valence-corrected chi connectivity index (χ1v) is 6.24. The molecule has 0 aliphatic heterocycles. The predicted octanol–water partition coefficient (Wildman–Crippen LogP) is 2.89. The van der Waals surface area contributed by atoms with Crippen molar-refractivity contribution in [1.29, 1.82) is 0 Å². The van der Waals surface area contributed by atoms with E-state index in [1.165, 1.54) is 0 Å². The van der Waals surface area contributed by atoms with E-state index in [9.17, 15) is 5.11 Å². The van der Waals surface area contributed by atoms with Crippen LogP contribution in [-0.4, -0.2) is 23.7 Å². The van der Waals surface area contributed by atoms with Crippen LogP contribution in [0.2, 0.25) is 5.02 Å². The second-order valence-corrected chi connectivity index (χ2v) is 4.43. The van der Waals surface area contributed by atoms with Crippen LogP contribution >= 0.6 is 11.6 Å². The van der Waals surface area contributed by atoms with E-state index >= 15 is 0 Å². The number of methoxy groups -OCH3 is 1. The summed E-state index contributed by atoms with van der Waals surface area (Å²) in [5.74, 6) is 0.765. The molecule has 1 atom stereocenters. The van der Waals surface area contributed by atoms with E-state index in [2.05, 4.69) is 10.3 Å². The van der Waals surface area contributed by atoms with Crippen molar-refractivity contribution in [2.24, 2.45) is 0 Å². The first-order valence-electron chi connectivity index (χ1n) is 5.86. The number of hydrogen-bond donors (Lipinski definition) is 2. The maximum absolute atomic E-state index is 10.1. The summed E-state index contributed by atoms with van der Waals surface area (Å²) >= 11 is 5.97. The van der Waals surface area contributed by atoms with Crippen molar-refractivity contribution in [3.8, 4) is 5.75 Å². The van der Waals surface area contributed by atoms with Crippen LogP contribution in [0.3, 0.4) is 0 Å². The molecule has 1 aromatic heterocycles. The summed E-state index contributed by atoms with van der Waals surface area (Å²) < 4.78 is 5.07. The van der Waals surface area contributed by atoms with Crippen molar-refractivity contribution in [2.45, 2.75) is 6.10 Å². The molecule has 19 heavy (non-hydrogen) atoms. The molecule has 5 heteroatoms. The SMILES string of the molecule is COc1ccc(C(O)CNc2ccncc2Cl)cc1. The molecule has 2 aromatic rings. The van der Waals surface area contributed by atoms with Crippen molar-refractivity contribution < 1.29 is 9.84 Å². The number of nitrogens with one attached hydrogen (secondary N) is 1. The number of aromatic nitrogens is 1. The zero-order chi connectivity index (χ0) is 13.7. The van der Waals surface area contributed by atoms with Gasteiger partial charge in [0.1, 0.15) is 5.75 Å². The van der Waals surface area contributed by atoms with Gasteiger partial charge in [-0.25, -0.2) is 0 Å². The number of nitrogens with zero attached hydrogens (tertiary/aromatic N) is 1. The van der Waals surface area contributed by atoms with Gasteiger partial charge in [0, 0.05) is 18.9 Å². The summed E-state index contributed by atoms with van der Waals surface area (Å²) in [6.07, 6.45) is 2.59. The van der Waals surface area contributed by atoms with Gasteiger partial charge in [0.05, 0.1) is 23.9 Å². The Bertz CT molecular complexity index is 531. The molecule has 0 aliphatic rings. The summed E-state index contributed by atoms with van der Waals surface area (Å²) in [6, 6.07) is 9.07. The Balaban J connectivity index is 1.97. The number of halogens is 1. The smallest absolute Gasteiger partial charge is 0.118 e. The van der Waals surface area contributed by atoms with Crippen LogP contribution in [0.15, 0.2) is 42.7 Å². The summed E-state index contributed by atoms with van der Waals surface area (Å²) in [5.41, 5.74) is 1.57. The molecule has 0 bridgehead atoms. The van der Waals surface area contributed by atoms with Crippen molar-refractivity contribution in [2.75, 3.05) is 19.0 Å². The number of aliphatic hydroxyl groups is 1. The fraction of sp³-hybridized carbons (Fsp3) is 0.214. The van der Waals surface area contributed by atoms with Crippen molar-refractivity contribution in [1.82, 2.24) is 4.98 Å². The van der Waals surface area contributed by atoms with Gasteiger partial charge in [-0.3, -0.25) is 4.98 Å². The number of rotatable bonds is 5. The van der Waals surface area contributed by atoms with Crippen LogP contribution in [0, 0.1) is 0 Å². The molecule has 2 N–H and O–H groups in total. The van der Waals surface area contributed by atoms with Gasteiger partial charge in [-0.15, -0.1) is 0 Å². The molecule has 4 nitrogen and oxygen atoms in total. The lowest BCUT2D eigenvalue weighted by Crippen LogP contribution is -2.12. The Morgan fingerprint density at radius 2 is 2.05 bits per heavy atom. The van der Waals surface area contributed by atoms with E-state index in [0.29, 0.717) is 11.6 Å². The molecule has 0 spiro atoms. The van der Waals surface area contributed by atoms with Gasteiger partial charge in [0.15, 0.2) is 0 Å². The fourth-order valence-electron chi connectivity index (χ4n) is 1.67. The van der Waals surface area contributed by atoms with Gasteiger partial charge in [-0.05, 0) is 23.8 Å². The Morgan fingerprint density at radius 3 is 2.68 bits per heavy atom. The van der Waals surface area contributed by atoms with Crippen LogP contribution < -0.4 is 10.1 Å². The number of ether oxygens (including phenoxy) is 1. The van der Waals surface area contributed by atoms with Crippen LogP contribution in [0.25, 0.3) is 0 Å². The minimum atomic E-state index is -0.616. The highest BCUT2D eigenvalue weighted by atomic mass is 35.5. The molecular formula is C14H15ClN2O2. The van der Waals surface area contributed by atoms with Gasteiger partial charge >= 0.3 is 0 Å². The highest BCUT2D eigenvalue weighted by Crippen LogP contribution is 2.22. The van der Waals surface area contributed by atoms with Gasteiger partial charge in [0.25, 0.3) is 0 Å². The van der Waals surface area contributed by atoms with Gasteiger partial charge in [-0.2, -0.15) is 0 Å². The quantitative estimate of drug-likeness (QED) is 0.883. The summed E-state index contributed by atoms with van der Waals surface area (Å²) in [4.78, 5) is 3.90. The molecule has 0 radical (unpaired) electrons. The molecule has 0 saturated carbocycles. The normalized spacial score (nSPS) is 11.9. The van der Waals surface area contributed by atoms with Crippen LogP contribution in [0.5, 0.6) is 5.75 Å². The molecule has 0 amide bonds. The molecule has 0 saturated heterocycles. The van der Waals surface area contributed by atoms with Gasteiger partial charge in [0.2, 0.25) is 0 Å². The fourth-order valence-corrected chi connectivity index (χ4v) is 1.86. The van der Waals surface area contributed by atoms with Crippen LogP contribution in [0.1, 0.15) is 11.7 Å². The van der Waals surface area contributed by atoms with Gasteiger partial charge < -0.3 is 15.2 Å². The standard InChI is InChI=1S/C14H15ClN2O2/c1-19-11-4-2-10(3-5-11)14(18)9-17-13-6-7-16-8-12(13)15/h2-8,14,18H,9H2,1H3,(H,16,17). The minimum absolute atomic E-state index is 0.371. The zero-order valence-corrected chi connectivity index (χ0v) is 11.3. The van der Waals surface area contributed by atoms with E-state index < -0.39 is 6.10 Å². The Hall–Kier alpha value is -1.78. The molecule has 0 fully saturated rings. The molecule has 0 aliphatic carbocycles. The van der Waals surface area contributed by atoms with Crippen LogP contribution in [0.4, 0.5) is 5.69 Å². The molecular weight excluding hydrogens is 264 g/mol. The highest BCUT2D eigenvalue weighted by molar-refractivity contribution is 6.33. The van der Waals surface area contributed by atoms with Crippen LogP contribution in [-0.2, 0) is 0 Å². The van der Waals surface area contributed by atoms with E-state index in [4.69, 9.17) is 16.3 Å². The van der Waals surface area contributed by atoms with Crippen molar-refractivity contribution in [3.05, 3.63) is 53.3 Å². The molecule has 1 aromatic carbocycles. The Labute approximate surface area is 117 Å². The third-order valence-electron chi connectivity index (χ3n) is 2.76. The first kappa shape index (κ1) is 13.6. The average molecular weight is 279 g/mol. The largest absolute Gasteiger partial charge is 0.497 e. The number of anilines is 1. The maximum Gasteiger partial charge on any atom is 0.118 e. The number of pyridine rings is 1. The van der Waals surface area contributed by atoms with E-state index in [-0.39, 0.29) is 0 Å². The second kappa shape index (κ2) is 6.41. The Kier molecular flexibility index (Phi) is 4.60. The number of aliphatic hydroxyl groups excluding tert-OH is 1. The molecule has 2 rings (SSSR count). The first-order chi connectivity index (χ1) is 9.20. The number of hydrogen-bond acceptors (Lipinski definition) is 4. The summed E-state index contributed by atoms with van der Waals surface area (Å²) in [5, 5.41) is 13.7. The molecule has 100 valence electrons. The van der Waals surface area contributed by atoms with E-state index in [1.54, 1.807) is 25.6 Å². The van der Waals surface area contributed by atoms with Crippen molar-refractivity contribution in [3.63, 3.8) is 0 Å². The lowest BCUT2D eigenvalue weighted by atomic mass is 10.1. The summed E-state index contributed by atoms with van der Waals surface area (Å²) in [6.45, 7) is 0.371. The third kappa shape index (κ3) is 3.59. The summed E-state index contributed by atoms with van der Waals surface area (Å²) in [7, 11) is 1.61. The van der Waals surface area contributed by atoms with Gasteiger partial charge in [-0.1, -0.05) is 23.7 Å². The third-order valence-corrected chi connectivity index (χ3v) is 3.06.